The van der Waals surface area contributed by atoms with Gasteiger partial charge in [-0.2, -0.15) is 0 Å². The molecule has 11 heteroatoms. The molecule has 1 saturated heterocycles. The number of carbonyl (C=O) groups is 5. The van der Waals surface area contributed by atoms with Crippen LogP contribution in [0.4, 0.5) is 0 Å². The summed E-state index contributed by atoms with van der Waals surface area (Å²) in [5.74, 6) is -5.21. The number of allylic oxidation sites excluding steroid dienone is 2. The SMILES string of the molecule is C=C1[C@@H]([C@]2(C)C=CC(=O)C(C)(C)[C@@H]2[C@@H](OC(C)=O)C(=O)OC)[C@@H](OC(C)=O)[C@H](OC(C)=O)[C@@]2(C)[C@H](c3ccoc3)C[C@H]3O[C@]132. The van der Waals surface area contributed by atoms with Crippen molar-refractivity contribution in [1.29, 1.82) is 0 Å². The minimum atomic E-state index is -1.51. The third-order valence-corrected chi connectivity index (χ3v) is 10.7. The van der Waals surface area contributed by atoms with Crippen molar-refractivity contribution >= 4 is 29.7 Å². The van der Waals surface area contributed by atoms with Crippen molar-refractivity contribution in [3.8, 4) is 0 Å². The van der Waals surface area contributed by atoms with Crippen LogP contribution in [0.5, 0.6) is 0 Å². The first kappa shape index (κ1) is 31.7. The van der Waals surface area contributed by atoms with E-state index in [0.29, 0.717) is 12.0 Å². The molecule has 3 aliphatic carbocycles. The molecule has 5 rings (SSSR count). The zero-order valence-electron chi connectivity index (χ0n) is 26.3. The number of rotatable bonds is 7. The van der Waals surface area contributed by atoms with Crippen LogP contribution in [0.2, 0.25) is 0 Å². The first-order valence-corrected chi connectivity index (χ1v) is 14.7. The van der Waals surface area contributed by atoms with Gasteiger partial charge >= 0.3 is 23.9 Å². The molecule has 1 aromatic rings. The van der Waals surface area contributed by atoms with Crippen LogP contribution in [0.25, 0.3) is 0 Å². The zero-order chi connectivity index (χ0) is 32.6. The first-order valence-electron chi connectivity index (χ1n) is 14.7. The Hall–Kier alpha value is -3.73. The normalized spacial score (nSPS) is 39.0. The minimum Gasteiger partial charge on any atom is -0.472 e. The van der Waals surface area contributed by atoms with Gasteiger partial charge in [0.2, 0.25) is 6.10 Å². The second kappa shape index (κ2) is 10.4. The Kier molecular flexibility index (Phi) is 7.51. The van der Waals surface area contributed by atoms with Crippen molar-refractivity contribution in [3.05, 3.63) is 48.5 Å². The Bertz CT molecular complexity index is 1440. The third kappa shape index (κ3) is 4.29. The van der Waals surface area contributed by atoms with Crippen LogP contribution in [0.1, 0.15) is 66.4 Å². The Morgan fingerprint density at radius 3 is 2.23 bits per heavy atom. The van der Waals surface area contributed by atoms with E-state index >= 15 is 0 Å². The first-order chi connectivity index (χ1) is 20.5. The molecule has 238 valence electrons. The second-order valence-corrected chi connectivity index (χ2v) is 13.4. The van der Waals surface area contributed by atoms with Gasteiger partial charge in [-0.1, -0.05) is 40.3 Å². The van der Waals surface area contributed by atoms with Crippen LogP contribution in [0.3, 0.4) is 0 Å². The fraction of sp³-hybridized carbons (Fsp3) is 0.606. The highest BCUT2D eigenvalue weighted by Gasteiger charge is 2.84. The molecule has 1 aliphatic heterocycles. The highest BCUT2D eigenvalue weighted by Crippen LogP contribution is 2.76. The number of methoxy groups -OCH3 is 1. The fourth-order valence-electron chi connectivity index (χ4n) is 9.01. The van der Waals surface area contributed by atoms with E-state index in [-0.39, 0.29) is 17.8 Å². The van der Waals surface area contributed by atoms with Gasteiger partial charge in [-0.05, 0) is 29.7 Å². The van der Waals surface area contributed by atoms with Gasteiger partial charge in [0.15, 0.2) is 5.78 Å². The van der Waals surface area contributed by atoms with Crippen LogP contribution < -0.4 is 0 Å². The van der Waals surface area contributed by atoms with Gasteiger partial charge in [-0.25, -0.2) is 4.79 Å². The number of hydrogen-bond donors (Lipinski definition) is 0. The quantitative estimate of drug-likeness (QED) is 0.191. The molecule has 0 amide bonds. The van der Waals surface area contributed by atoms with Gasteiger partial charge in [-0.3, -0.25) is 19.2 Å². The van der Waals surface area contributed by atoms with Crippen LogP contribution in [-0.2, 0) is 47.7 Å². The van der Waals surface area contributed by atoms with Crippen molar-refractivity contribution in [1.82, 2.24) is 0 Å². The van der Waals surface area contributed by atoms with E-state index in [1.807, 2.05) is 13.0 Å². The second-order valence-electron chi connectivity index (χ2n) is 13.4. The summed E-state index contributed by atoms with van der Waals surface area (Å²) < 4.78 is 34.8. The van der Waals surface area contributed by atoms with Crippen LogP contribution >= 0.6 is 0 Å². The molecular formula is C33H40O11. The summed E-state index contributed by atoms with van der Waals surface area (Å²) in [5.41, 5.74) is -3.03. The van der Waals surface area contributed by atoms with Crippen LogP contribution in [-0.4, -0.2) is 66.8 Å². The lowest BCUT2D eigenvalue weighted by Crippen LogP contribution is -2.67. The number of hydrogen-bond acceptors (Lipinski definition) is 11. The third-order valence-electron chi connectivity index (χ3n) is 10.7. The molecule has 0 bridgehead atoms. The summed E-state index contributed by atoms with van der Waals surface area (Å²) in [6.45, 7) is 15.4. The summed E-state index contributed by atoms with van der Waals surface area (Å²) in [7, 11) is 1.17. The number of ether oxygens (including phenoxy) is 5. The van der Waals surface area contributed by atoms with E-state index in [1.165, 1.54) is 34.0 Å². The molecular weight excluding hydrogens is 572 g/mol. The lowest BCUT2D eigenvalue weighted by Gasteiger charge is -2.60. The smallest absolute Gasteiger partial charge is 0.347 e. The Morgan fingerprint density at radius 1 is 1.02 bits per heavy atom. The molecule has 0 aromatic carbocycles. The lowest BCUT2D eigenvalue weighted by atomic mass is 9.46. The van der Waals surface area contributed by atoms with E-state index in [9.17, 15) is 24.0 Å². The molecule has 0 unspecified atom stereocenters. The van der Waals surface area contributed by atoms with Gasteiger partial charge in [0.25, 0.3) is 0 Å². The van der Waals surface area contributed by atoms with Crippen LogP contribution in [0.15, 0.2) is 47.3 Å². The van der Waals surface area contributed by atoms with E-state index < -0.39 is 75.9 Å². The van der Waals surface area contributed by atoms with Crippen LogP contribution in [0, 0.1) is 28.1 Å². The number of epoxide rings is 1. The van der Waals surface area contributed by atoms with Crippen molar-refractivity contribution in [2.75, 3.05) is 7.11 Å². The molecule has 3 fully saturated rings. The molecule has 4 aliphatic rings. The van der Waals surface area contributed by atoms with Gasteiger partial charge in [0.1, 0.15) is 17.8 Å². The van der Waals surface area contributed by atoms with E-state index in [4.69, 9.17) is 28.1 Å². The number of carbonyl (C=O) groups excluding carboxylic acids is 5. The number of esters is 4. The molecule has 0 N–H and O–H groups in total. The largest absolute Gasteiger partial charge is 0.472 e. The van der Waals surface area contributed by atoms with Crippen molar-refractivity contribution in [2.45, 2.75) is 90.8 Å². The van der Waals surface area contributed by atoms with Gasteiger partial charge in [-0.15, -0.1) is 0 Å². The predicted octanol–water partition coefficient (Wildman–Crippen LogP) is 3.85. The molecule has 10 atom stereocenters. The van der Waals surface area contributed by atoms with E-state index in [2.05, 4.69) is 6.58 Å². The maximum absolute atomic E-state index is 13.4. The van der Waals surface area contributed by atoms with Crippen molar-refractivity contribution < 1.29 is 52.1 Å². The maximum Gasteiger partial charge on any atom is 0.347 e. The molecule has 44 heavy (non-hydrogen) atoms. The molecule has 11 nitrogen and oxygen atoms in total. The number of furan rings is 1. The van der Waals surface area contributed by atoms with E-state index in [1.54, 1.807) is 39.4 Å². The Morgan fingerprint density at radius 2 is 1.68 bits per heavy atom. The summed E-state index contributed by atoms with van der Waals surface area (Å²) >= 11 is 0. The maximum atomic E-state index is 13.4. The summed E-state index contributed by atoms with van der Waals surface area (Å²) in [6.07, 6.45) is 2.88. The standard InChI is InChI=1S/C33H40O11/c1-16-24(31(7)12-10-22(37)30(5,6)27(31)26(29(38)39-9)42-18(3)35)25(41-17(2)34)28(43-19(4)36)32(8)21(20-11-13-40-15-20)14-23-33(16,32)44-23/h10-13,15,21,23-28H,1,14H2,2-9H3/t21-,23+,24+,25+,26+,27-,28-,31-,32+,33+/m0/s1. The van der Waals surface area contributed by atoms with Crippen molar-refractivity contribution in [3.63, 3.8) is 0 Å². The van der Waals surface area contributed by atoms with E-state index in [0.717, 1.165) is 5.56 Å². The lowest BCUT2D eigenvalue weighted by molar-refractivity contribution is -0.211. The Balaban J connectivity index is 1.77. The van der Waals surface area contributed by atoms with Gasteiger partial charge in [0.05, 0.1) is 31.2 Å². The monoisotopic (exact) mass is 612 g/mol. The van der Waals surface area contributed by atoms with Gasteiger partial charge in [0, 0.05) is 49.4 Å². The van der Waals surface area contributed by atoms with Gasteiger partial charge < -0.3 is 28.1 Å². The molecule has 0 radical (unpaired) electrons. The highest BCUT2D eigenvalue weighted by atomic mass is 16.6. The summed E-state index contributed by atoms with van der Waals surface area (Å²) in [6, 6.07) is 1.85. The summed E-state index contributed by atoms with van der Waals surface area (Å²) in [5, 5.41) is 0. The molecule has 2 saturated carbocycles. The highest BCUT2D eigenvalue weighted by molar-refractivity contribution is 5.97. The fourth-order valence-corrected chi connectivity index (χ4v) is 9.01. The summed E-state index contributed by atoms with van der Waals surface area (Å²) in [4.78, 5) is 64.7. The minimum absolute atomic E-state index is 0.215. The molecule has 2 heterocycles. The topological polar surface area (TPSA) is 148 Å². The Labute approximate surface area is 256 Å². The average molecular weight is 613 g/mol. The average Bonchev–Trinajstić information content (AvgIpc) is 3.27. The molecule has 1 aromatic heterocycles. The van der Waals surface area contributed by atoms with Crippen molar-refractivity contribution in [2.24, 2.45) is 28.1 Å². The predicted molar refractivity (Wildman–Crippen MR) is 153 cm³/mol. The zero-order valence-corrected chi connectivity index (χ0v) is 26.3. The molecule has 1 spiro atoms. The number of ketones is 1.